The first-order chi connectivity index (χ1) is 14.3. The van der Waals surface area contributed by atoms with E-state index in [1.807, 2.05) is 6.92 Å². The summed E-state index contributed by atoms with van der Waals surface area (Å²) in [6.07, 6.45) is 1.01. The lowest BCUT2D eigenvalue weighted by atomic mass is 9.99. The van der Waals surface area contributed by atoms with Gasteiger partial charge >= 0.3 is 6.03 Å². The number of nitrogens with zero attached hydrogens (tertiary/aromatic N) is 1. The molecule has 0 aliphatic carbocycles. The lowest BCUT2D eigenvalue weighted by Crippen LogP contribution is -2.50. The molecule has 0 saturated carbocycles. The van der Waals surface area contributed by atoms with Crippen LogP contribution < -0.4 is 16.2 Å². The van der Waals surface area contributed by atoms with Crippen LogP contribution in [0.4, 0.5) is 14.9 Å². The third-order valence-electron chi connectivity index (χ3n) is 4.83. The SMILES string of the molecule is Cc1ccc(S(=O)(=O)N2CCC[C@H](C(=O)NNC(=O)Nc3ccccc3F)C2)cc1. The molecule has 1 aliphatic rings. The van der Waals surface area contributed by atoms with Gasteiger partial charge in [-0.15, -0.1) is 0 Å². The number of hydrogen-bond acceptors (Lipinski definition) is 4. The number of halogens is 1. The van der Waals surface area contributed by atoms with Crippen LogP contribution in [0, 0.1) is 18.7 Å². The van der Waals surface area contributed by atoms with E-state index >= 15 is 0 Å². The van der Waals surface area contributed by atoms with Crippen molar-refractivity contribution in [1.29, 1.82) is 0 Å². The Labute approximate surface area is 174 Å². The fourth-order valence-corrected chi connectivity index (χ4v) is 4.69. The highest BCUT2D eigenvalue weighted by Crippen LogP contribution is 2.24. The van der Waals surface area contributed by atoms with Crippen LogP contribution in [0.25, 0.3) is 0 Å². The quantitative estimate of drug-likeness (QED) is 0.642. The van der Waals surface area contributed by atoms with Gasteiger partial charge in [0.25, 0.3) is 0 Å². The zero-order chi connectivity index (χ0) is 21.7. The van der Waals surface area contributed by atoms with E-state index in [0.717, 1.165) is 5.56 Å². The van der Waals surface area contributed by atoms with Crippen molar-refractivity contribution in [1.82, 2.24) is 15.2 Å². The summed E-state index contributed by atoms with van der Waals surface area (Å²) >= 11 is 0. The Balaban J connectivity index is 1.57. The molecule has 1 aliphatic heterocycles. The minimum atomic E-state index is -3.71. The molecule has 160 valence electrons. The normalized spacial score (nSPS) is 17.2. The van der Waals surface area contributed by atoms with Crippen LogP contribution in [0.15, 0.2) is 53.4 Å². The van der Waals surface area contributed by atoms with Gasteiger partial charge in [-0.2, -0.15) is 4.31 Å². The molecule has 0 bridgehead atoms. The Kier molecular flexibility index (Phi) is 6.68. The smallest absolute Gasteiger partial charge is 0.304 e. The highest BCUT2D eigenvalue weighted by Gasteiger charge is 2.33. The first kappa shape index (κ1) is 21.7. The largest absolute Gasteiger partial charge is 0.338 e. The molecule has 2 aromatic rings. The number of urea groups is 1. The van der Waals surface area contributed by atoms with Crippen LogP contribution in [0.2, 0.25) is 0 Å². The zero-order valence-corrected chi connectivity index (χ0v) is 17.2. The molecular formula is C20H23FN4O4S. The third-order valence-corrected chi connectivity index (χ3v) is 6.71. The molecule has 1 atom stereocenters. The zero-order valence-electron chi connectivity index (χ0n) is 16.4. The van der Waals surface area contributed by atoms with E-state index in [0.29, 0.717) is 19.4 Å². The van der Waals surface area contributed by atoms with Gasteiger partial charge in [-0.3, -0.25) is 10.2 Å². The summed E-state index contributed by atoms with van der Waals surface area (Å²) in [5, 5.41) is 2.28. The molecule has 0 aromatic heterocycles. The average Bonchev–Trinajstić information content (AvgIpc) is 2.74. The van der Waals surface area contributed by atoms with Gasteiger partial charge in [0.05, 0.1) is 16.5 Å². The number of benzene rings is 2. The van der Waals surface area contributed by atoms with Crippen LogP contribution in [0.1, 0.15) is 18.4 Å². The van der Waals surface area contributed by atoms with E-state index in [9.17, 15) is 22.4 Å². The highest BCUT2D eigenvalue weighted by molar-refractivity contribution is 7.89. The van der Waals surface area contributed by atoms with Crippen molar-refractivity contribution < 1.29 is 22.4 Å². The van der Waals surface area contributed by atoms with E-state index < -0.39 is 33.7 Å². The van der Waals surface area contributed by atoms with E-state index in [2.05, 4.69) is 16.2 Å². The number of aryl methyl sites for hydroxylation is 1. The maximum absolute atomic E-state index is 13.6. The van der Waals surface area contributed by atoms with E-state index in [1.54, 1.807) is 30.3 Å². The molecule has 3 N–H and O–H groups in total. The molecular weight excluding hydrogens is 411 g/mol. The fourth-order valence-electron chi connectivity index (χ4n) is 3.17. The monoisotopic (exact) mass is 434 g/mol. The predicted octanol–water partition coefficient (Wildman–Crippen LogP) is 2.39. The van der Waals surface area contributed by atoms with Crippen LogP contribution in [0.5, 0.6) is 0 Å². The lowest BCUT2D eigenvalue weighted by Gasteiger charge is -2.31. The number of para-hydroxylation sites is 1. The molecule has 8 nitrogen and oxygen atoms in total. The number of amides is 3. The standard InChI is InChI=1S/C20H23FN4O4S/c1-14-8-10-16(11-9-14)30(28,29)25-12-4-5-15(13-25)19(26)23-24-20(27)22-18-7-3-2-6-17(18)21/h2-3,6-11,15H,4-5,12-13H2,1H3,(H,23,26)(H2,22,24,27)/t15-/m0/s1. The second kappa shape index (κ2) is 9.23. The van der Waals surface area contributed by atoms with Crippen molar-refractivity contribution in [3.8, 4) is 0 Å². The number of rotatable bonds is 4. The molecule has 1 heterocycles. The molecule has 0 spiro atoms. The van der Waals surface area contributed by atoms with Gasteiger partial charge < -0.3 is 5.32 Å². The minimum absolute atomic E-state index is 0.0126. The molecule has 1 fully saturated rings. The van der Waals surface area contributed by atoms with Crippen molar-refractivity contribution in [2.24, 2.45) is 5.92 Å². The van der Waals surface area contributed by atoms with Crippen molar-refractivity contribution >= 4 is 27.6 Å². The maximum atomic E-state index is 13.6. The van der Waals surface area contributed by atoms with Gasteiger partial charge in [0.2, 0.25) is 15.9 Å². The van der Waals surface area contributed by atoms with E-state index in [1.165, 1.54) is 22.5 Å². The summed E-state index contributed by atoms with van der Waals surface area (Å²) in [5.74, 6) is -1.74. The number of carbonyl (C=O) groups excluding carboxylic acids is 2. The Morgan fingerprint density at radius 3 is 2.47 bits per heavy atom. The van der Waals surface area contributed by atoms with Crippen LogP contribution in [0.3, 0.4) is 0 Å². The van der Waals surface area contributed by atoms with E-state index in [-0.39, 0.29) is 17.1 Å². The second-order valence-electron chi connectivity index (χ2n) is 7.06. The Morgan fingerprint density at radius 1 is 1.07 bits per heavy atom. The summed E-state index contributed by atoms with van der Waals surface area (Å²) in [6, 6.07) is 11.3. The Bertz CT molecular complexity index is 1030. The van der Waals surface area contributed by atoms with Crippen molar-refractivity contribution in [3.05, 3.63) is 59.9 Å². The van der Waals surface area contributed by atoms with E-state index in [4.69, 9.17) is 0 Å². The number of nitrogens with one attached hydrogen (secondary N) is 3. The maximum Gasteiger partial charge on any atom is 0.338 e. The number of sulfonamides is 1. The van der Waals surface area contributed by atoms with Crippen molar-refractivity contribution in [2.45, 2.75) is 24.7 Å². The number of anilines is 1. The molecule has 0 radical (unpaired) electrons. The summed E-state index contributed by atoms with van der Waals surface area (Å²) in [5.41, 5.74) is 5.35. The van der Waals surface area contributed by atoms with Gasteiger partial charge in [-0.25, -0.2) is 23.0 Å². The van der Waals surface area contributed by atoms with Gasteiger partial charge in [0, 0.05) is 13.1 Å². The van der Waals surface area contributed by atoms with Crippen molar-refractivity contribution in [3.63, 3.8) is 0 Å². The van der Waals surface area contributed by atoms with Gasteiger partial charge in [-0.05, 0) is 44.0 Å². The second-order valence-corrected chi connectivity index (χ2v) is 9.00. The van der Waals surface area contributed by atoms with Gasteiger partial charge in [0.15, 0.2) is 0 Å². The molecule has 0 unspecified atom stereocenters. The van der Waals surface area contributed by atoms with Crippen molar-refractivity contribution in [2.75, 3.05) is 18.4 Å². The molecule has 3 rings (SSSR count). The third kappa shape index (κ3) is 5.14. The lowest BCUT2D eigenvalue weighted by molar-refractivity contribution is -0.126. The number of hydrogen-bond donors (Lipinski definition) is 3. The molecule has 10 heteroatoms. The molecule has 1 saturated heterocycles. The number of hydrazine groups is 1. The molecule has 2 aromatic carbocycles. The first-order valence-corrected chi connectivity index (χ1v) is 10.9. The number of carbonyl (C=O) groups is 2. The average molecular weight is 434 g/mol. The summed E-state index contributed by atoms with van der Waals surface area (Å²) in [7, 11) is -3.71. The summed E-state index contributed by atoms with van der Waals surface area (Å²) in [6.45, 7) is 2.20. The Hall–Kier alpha value is -2.98. The summed E-state index contributed by atoms with van der Waals surface area (Å²) < 4.78 is 40.5. The van der Waals surface area contributed by atoms with Gasteiger partial charge in [0.1, 0.15) is 5.82 Å². The van der Waals surface area contributed by atoms with Crippen LogP contribution in [-0.2, 0) is 14.8 Å². The minimum Gasteiger partial charge on any atom is -0.304 e. The summed E-state index contributed by atoms with van der Waals surface area (Å²) in [4.78, 5) is 24.5. The van der Waals surface area contributed by atoms with Crippen LogP contribution >= 0.6 is 0 Å². The fraction of sp³-hybridized carbons (Fsp3) is 0.300. The predicted molar refractivity (Wildman–Crippen MR) is 109 cm³/mol. The number of piperidine rings is 1. The Morgan fingerprint density at radius 2 is 1.77 bits per heavy atom. The molecule has 30 heavy (non-hydrogen) atoms. The highest BCUT2D eigenvalue weighted by atomic mass is 32.2. The first-order valence-electron chi connectivity index (χ1n) is 9.45. The molecule has 3 amide bonds. The van der Waals surface area contributed by atoms with Gasteiger partial charge in [-0.1, -0.05) is 29.8 Å². The van der Waals surface area contributed by atoms with Crippen LogP contribution in [-0.4, -0.2) is 37.8 Å². The topological polar surface area (TPSA) is 108 Å².